The lowest BCUT2D eigenvalue weighted by atomic mass is 10.3. The molecule has 0 spiro atoms. The van der Waals surface area contributed by atoms with E-state index in [2.05, 4.69) is 10.1 Å². The van der Waals surface area contributed by atoms with Gasteiger partial charge in [0.05, 0.1) is 0 Å². The van der Waals surface area contributed by atoms with Crippen molar-refractivity contribution in [2.75, 3.05) is 0 Å². The molecule has 0 fully saturated rings. The summed E-state index contributed by atoms with van der Waals surface area (Å²) >= 11 is 1.37. The van der Waals surface area contributed by atoms with Gasteiger partial charge in [-0.1, -0.05) is 4.68 Å². The van der Waals surface area contributed by atoms with Gasteiger partial charge < -0.3 is 15.0 Å². The van der Waals surface area contributed by atoms with Gasteiger partial charge in [0, 0.05) is 17.0 Å². The monoisotopic (exact) mass is 374 g/mol. The minimum Gasteiger partial charge on any atom is -0.542 e. The topological polar surface area (TPSA) is 131 Å². The maximum atomic E-state index is 10.5. The highest BCUT2D eigenvalue weighted by Gasteiger charge is 2.28. The van der Waals surface area contributed by atoms with Crippen LogP contribution in [0.3, 0.4) is 0 Å². The summed E-state index contributed by atoms with van der Waals surface area (Å²) in [6.45, 7) is 0.330. The smallest absolute Gasteiger partial charge is 0.430 e. The van der Waals surface area contributed by atoms with Crippen molar-refractivity contribution < 1.29 is 37.7 Å². The average molecular weight is 374 g/mol. The van der Waals surface area contributed by atoms with Crippen LogP contribution in [0.15, 0.2) is 23.8 Å². The van der Waals surface area contributed by atoms with Crippen LogP contribution in [0.4, 0.5) is 13.2 Å². The lowest BCUT2D eigenvalue weighted by Gasteiger charge is -2.03. The summed E-state index contributed by atoms with van der Waals surface area (Å²) in [6.07, 6.45) is -1.85. The van der Waals surface area contributed by atoms with Gasteiger partial charge in [-0.15, -0.1) is 11.3 Å². The number of aryl methyl sites for hydroxylation is 1. The molecule has 0 atom stereocenters. The van der Waals surface area contributed by atoms with E-state index in [1.165, 1.54) is 11.3 Å². The van der Waals surface area contributed by atoms with Gasteiger partial charge in [0.1, 0.15) is 29.7 Å². The van der Waals surface area contributed by atoms with Gasteiger partial charge in [-0.3, -0.25) is 4.79 Å². The number of hydrogen-bond acceptors (Lipinski definition) is 7. The molecule has 0 radical (unpaired) electrons. The maximum absolute atomic E-state index is 10.5. The fourth-order valence-corrected chi connectivity index (χ4v) is 2.05. The third-order valence-electron chi connectivity index (χ3n) is 2.42. The first kappa shape index (κ1) is 20.0. The third-order valence-corrected chi connectivity index (χ3v) is 3.31. The molecule has 1 N–H and O–H groups in total. The van der Waals surface area contributed by atoms with Gasteiger partial charge in [0.25, 0.3) is 0 Å². The fraction of sp³-hybridized carbons (Fsp3) is 0.231. The van der Waals surface area contributed by atoms with E-state index in [9.17, 15) is 18.0 Å². The number of nitrogens with zero attached hydrogens (tertiary/aromatic N) is 4. The molecule has 8 nitrogen and oxygen atoms in total. The number of nitriles is 1. The number of carbonyl (C=O) groups is 2. The zero-order chi connectivity index (χ0) is 19.0. The van der Waals surface area contributed by atoms with Gasteiger partial charge in [0.2, 0.25) is 0 Å². The molecule has 0 amide bonds. The van der Waals surface area contributed by atoms with Crippen LogP contribution in [0, 0.1) is 11.3 Å². The molecule has 0 aliphatic carbocycles. The van der Waals surface area contributed by atoms with Gasteiger partial charge in [-0.25, -0.2) is 4.98 Å². The molecule has 132 valence electrons. The number of carboxylic acids is 2. The zero-order valence-electron chi connectivity index (χ0n) is 12.2. The molecular weight excluding hydrogens is 365 g/mol. The Labute approximate surface area is 142 Å². The average Bonchev–Trinajstić information content (AvgIpc) is 3.02. The lowest BCUT2D eigenvalue weighted by Crippen LogP contribution is -2.38. The van der Waals surface area contributed by atoms with Crippen molar-refractivity contribution in [3.8, 4) is 16.6 Å². The number of rotatable bonds is 4. The number of thiazole rings is 1. The van der Waals surface area contributed by atoms with E-state index >= 15 is 0 Å². The summed E-state index contributed by atoms with van der Waals surface area (Å²) in [5.41, 5.74) is 1.20. The van der Waals surface area contributed by atoms with E-state index in [-0.39, 0.29) is 6.42 Å². The largest absolute Gasteiger partial charge is 0.542 e. The van der Waals surface area contributed by atoms with Crippen LogP contribution in [-0.2, 0) is 16.1 Å². The SMILES string of the molecule is N#Cc1csc(-c2cc[n+](CCC(=O)O)nc2)n1.O=C([O-])C(F)(F)F. The maximum Gasteiger partial charge on any atom is 0.430 e. The Morgan fingerprint density at radius 2 is 2.08 bits per heavy atom. The van der Waals surface area contributed by atoms with E-state index in [1.807, 2.05) is 6.07 Å². The quantitative estimate of drug-likeness (QED) is 0.753. The molecule has 0 bridgehead atoms. The highest BCUT2D eigenvalue weighted by molar-refractivity contribution is 7.13. The Kier molecular flexibility index (Phi) is 6.94. The number of carbonyl (C=O) groups excluding carboxylic acids is 1. The van der Waals surface area contributed by atoms with Gasteiger partial charge in [-0.05, 0) is 5.10 Å². The van der Waals surface area contributed by atoms with Crippen molar-refractivity contribution in [2.45, 2.75) is 19.1 Å². The van der Waals surface area contributed by atoms with Crippen molar-refractivity contribution >= 4 is 23.3 Å². The van der Waals surface area contributed by atoms with Crippen LogP contribution in [0.5, 0.6) is 0 Å². The first-order chi connectivity index (χ1) is 11.6. The van der Waals surface area contributed by atoms with E-state index < -0.39 is 18.1 Å². The first-order valence-corrected chi connectivity index (χ1v) is 7.23. The van der Waals surface area contributed by atoms with E-state index in [0.717, 1.165) is 10.6 Å². The molecule has 2 aromatic rings. The van der Waals surface area contributed by atoms with E-state index in [1.54, 1.807) is 28.5 Å². The second kappa shape index (κ2) is 8.69. The molecular formula is C13H9F3N4O4S. The lowest BCUT2D eigenvalue weighted by molar-refractivity contribution is -0.752. The summed E-state index contributed by atoms with van der Waals surface area (Å²) in [5.74, 6) is -3.86. The normalized spacial score (nSPS) is 10.3. The first-order valence-electron chi connectivity index (χ1n) is 6.35. The Hall–Kier alpha value is -3.07. The summed E-state index contributed by atoms with van der Waals surface area (Å²) in [7, 11) is 0. The Bertz CT molecular complexity index is 784. The predicted molar refractivity (Wildman–Crippen MR) is 73.6 cm³/mol. The van der Waals surface area contributed by atoms with Crippen LogP contribution < -0.4 is 9.79 Å². The summed E-state index contributed by atoms with van der Waals surface area (Å²) in [5, 5.41) is 32.5. The highest BCUT2D eigenvalue weighted by atomic mass is 32.1. The molecule has 0 unspecified atom stereocenters. The summed E-state index contributed by atoms with van der Waals surface area (Å²) < 4.78 is 33.1. The Morgan fingerprint density at radius 3 is 2.48 bits per heavy atom. The standard InChI is InChI=1S/C11H8N4O2S.C2HF3O2/c12-5-9-7-18-11(14-9)8-1-3-15(13-6-8)4-2-10(16)17;3-2(4,5)1(6)7/h1,3,6-7H,2,4H2;(H,6,7). The number of aliphatic carboxylic acids is 2. The van der Waals surface area contributed by atoms with Crippen molar-refractivity contribution in [3.05, 3.63) is 29.5 Å². The van der Waals surface area contributed by atoms with Crippen LogP contribution in [0.1, 0.15) is 12.1 Å². The number of carboxylic acid groups (broad SMARTS) is 2. The van der Waals surface area contributed by atoms with Gasteiger partial charge in [0.15, 0.2) is 18.4 Å². The van der Waals surface area contributed by atoms with Crippen LogP contribution >= 0.6 is 11.3 Å². The highest BCUT2D eigenvalue weighted by Crippen LogP contribution is 2.21. The zero-order valence-corrected chi connectivity index (χ0v) is 13.0. The Morgan fingerprint density at radius 1 is 1.44 bits per heavy atom. The predicted octanol–water partition coefficient (Wildman–Crippen LogP) is 0.138. The number of aromatic nitrogens is 3. The van der Waals surface area contributed by atoms with Crippen molar-refractivity contribution in [3.63, 3.8) is 0 Å². The van der Waals surface area contributed by atoms with E-state index in [4.69, 9.17) is 20.3 Å². The molecule has 2 rings (SSSR count). The van der Waals surface area contributed by atoms with Crippen LogP contribution in [-0.4, -0.2) is 33.3 Å². The van der Waals surface area contributed by atoms with Crippen LogP contribution in [0.25, 0.3) is 10.6 Å². The third kappa shape index (κ3) is 6.92. The molecule has 12 heteroatoms. The Balaban J connectivity index is 0.000000381. The van der Waals surface area contributed by atoms with Crippen molar-refractivity contribution in [1.82, 2.24) is 10.1 Å². The van der Waals surface area contributed by atoms with E-state index in [0.29, 0.717) is 12.2 Å². The van der Waals surface area contributed by atoms with Crippen LogP contribution in [0.2, 0.25) is 0 Å². The van der Waals surface area contributed by atoms with Gasteiger partial charge >= 0.3 is 12.1 Å². The number of alkyl halides is 3. The molecule has 25 heavy (non-hydrogen) atoms. The fourth-order valence-electron chi connectivity index (χ4n) is 1.31. The minimum absolute atomic E-state index is 0.0346. The second-order valence-corrected chi connectivity index (χ2v) is 5.12. The molecule has 0 saturated carbocycles. The van der Waals surface area contributed by atoms with Crippen molar-refractivity contribution in [1.29, 1.82) is 5.26 Å². The molecule has 0 aromatic carbocycles. The van der Waals surface area contributed by atoms with Gasteiger partial charge in [-0.2, -0.15) is 18.4 Å². The molecule has 0 aliphatic rings. The second-order valence-electron chi connectivity index (χ2n) is 4.26. The molecule has 0 aliphatic heterocycles. The number of halogens is 3. The summed E-state index contributed by atoms with van der Waals surface area (Å²) in [6, 6.07) is 3.77. The minimum atomic E-state index is -5.19. The summed E-state index contributed by atoms with van der Waals surface area (Å²) in [4.78, 5) is 23.3. The van der Waals surface area contributed by atoms with Crippen molar-refractivity contribution in [2.24, 2.45) is 0 Å². The molecule has 2 aromatic heterocycles. The molecule has 0 saturated heterocycles. The molecule has 2 heterocycles. The number of hydrogen-bond donors (Lipinski definition) is 1.